The minimum Gasteiger partial charge on any atom is -0.355 e. The van der Waals surface area contributed by atoms with Crippen LogP contribution in [0.2, 0.25) is 0 Å². The molecule has 11 aromatic rings. The van der Waals surface area contributed by atoms with Gasteiger partial charge in [0.2, 0.25) is 0 Å². The van der Waals surface area contributed by atoms with Crippen LogP contribution in [0.15, 0.2) is 133 Å². The van der Waals surface area contributed by atoms with Crippen LogP contribution in [0.25, 0.3) is 90.1 Å². The number of anilines is 2. The van der Waals surface area contributed by atoms with Crippen LogP contribution in [0.5, 0.6) is 0 Å². The summed E-state index contributed by atoms with van der Waals surface area (Å²) < 4.78 is 8.18. The second kappa shape index (κ2) is 13.6. The third kappa shape index (κ3) is 5.52. The molecule has 0 saturated carbocycles. The minimum atomic E-state index is -0.170. The second-order valence-electron chi connectivity index (χ2n) is 23.2. The maximum absolute atomic E-state index is 4.11. The van der Waals surface area contributed by atoms with Crippen molar-refractivity contribution in [2.75, 3.05) is 5.32 Å². The van der Waals surface area contributed by atoms with E-state index in [9.17, 15) is 0 Å². The fourth-order valence-corrected chi connectivity index (χ4v) is 15.3. The third-order valence-electron chi connectivity index (χ3n) is 16.8. The van der Waals surface area contributed by atoms with Gasteiger partial charge in [-0.05, 0) is 139 Å². The number of hydrogen-bond donors (Lipinski definition) is 1. The largest absolute Gasteiger partial charge is 0.355 e. The van der Waals surface area contributed by atoms with Crippen molar-refractivity contribution in [3.63, 3.8) is 0 Å². The molecule has 68 heavy (non-hydrogen) atoms. The average molecular weight is 915 g/mol. The second-order valence-corrected chi connectivity index (χ2v) is 25.4. The predicted molar refractivity (Wildman–Crippen MR) is 300 cm³/mol. The van der Waals surface area contributed by atoms with E-state index in [0.29, 0.717) is 0 Å². The number of rotatable bonds is 3. The maximum atomic E-state index is 4.11. The summed E-state index contributed by atoms with van der Waals surface area (Å²) in [6.45, 7) is 21.7. The van der Waals surface area contributed by atoms with E-state index in [0.717, 1.165) is 18.7 Å². The van der Waals surface area contributed by atoms with Gasteiger partial charge in [0.1, 0.15) is 0 Å². The standard InChI is InChI=1S/C63H55BN2S2/c1-60(2,3)34-22-24-35(25-23-34)65-48-31-39-36-16-10-13-19-43(36)63(8,9)44(39)28-41(48)54-55-38-18-12-15-21-52(38)68-59(55)56-42-29-45-46(62(6,7)27-26-61(45,4)5)32-49(42)66-50-33-53-40(30-47(50)64-57(54)58(56)66)37-17-11-14-20-51(37)67-53/h10-25,28-33,64-65H,26-27H2,1-9H3. The molecule has 1 aliphatic heterocycles. The normalized spacial score (nSPS) is 16.4. The Kier molecular flexibility index (Phi) is 8.15. The molecule has 5 heteroatoms. The number of nitrogens with zero attached hydrogens (tertiary/aromatic N) is 1. The van der Waals surface area contributed by atoms with Crippen LogP contribution >= 0.6 is 22.7 Å². The molecule has 4 heterocycles. The van der Waals surface area contributed by atoms with Gasteiger partial charge < -0.3 is 9.88 Å². The lowest BCUT2D eigenvalue weighted by Gasteiger charge is -2.42. The van der Waals surface area contributed by atoms with Crippen molar-refractivity contribution >= 4 is 114 Å². The van der Waals surface area contributed by atoms with Crippen LogP contribution in [0.3, 0.4) is 0 Å². The number of thiophene rings is 2. The van der Waals surface area contributed by atoms with Crippen molar-refractivity contribution in [3.8, 4) is 27.9 Å². The average Bonchev–Trinajstić information content (AvgIpc) is 4.04. The first-order valence-corrected chi connectivity index (χ1v) is 26.3. The molecule has 0 atom stereocenters. The molecular formula is C63H55BN2S2. The molecule has 0 radical (unpaired) electrons. The Hall–Kier alpha value is -6.14. The van der Waals surface area contributed by atoms with E-state index < -0.39 is 0 Å². The maximum Gasteiger partial charge on any atom is 0.198 e. The molecule has 3 aliphatic rings. The van der Waals surface area contributed by atoms with E-state index in [1.807, 2.05) is 22.7 Å². The van der Waals surface area contributed by atoms with Crippen LogP contribution in [0.4, 0.5) is 11.4 Å². The minimum absolute atomic E-state index is 0.0661. The van der Waals surface area contributed by atoms with Crippen LogP contribution in [-0.2, 0) is 21.7 Å². The zero-order valence-corrected chi connectivity index (χ0v) is 42.2. The number of nitrogens with one attached hydrogen (secondary N) is 1. The van der Waals surface area contributed by atoms with Crippen LogP contribution < -0.4 is 16.2 Å². The summed E-state index contributed by atoms with van der Waals surface area (Å²) in [5.41, 5.74) is 21.6. The predicted octanol–water partition coefficient (Wildman–Crippen LogP) is 16.6. The monoisotopic (exact) mass is 914 g/mol. The van der Waals surface area contributed by atoms with Gasteiger partial charge in [-0.1, -0.05) is 147 Å². The van der Waals surface area contributed by atoms with E-state index in [1.165, 1.54) is 142 Å². The molecule has 0 fully saturated rings. The summed E-state index contributed by atoms with van der Waals surface area (Å²) in [4.78, 5) is 0. The molecule has 0 bridgehead atoms. The summed E-state index contributed by atoms with van der Waals surface area (Å²) in [6, 6.07) is 52.0. The quantitative estimate of drug-likeness (QED) is 0.175. The van der Waals surface area contributed by atoms with E-state index in [1.54, 1.807) is 0 Å². The Balaban J connectivity index is 1.16. The Bertz CT molecular complexity index is 4030. The van der Waals surface area contributed by atoms with Crippen molar-refractivity contribution in [2.24, 2.45) is 0 Å². The van der Waals surface area contributed by atoms with Gasteiger partial charge >= 0.3 is 0 Å². The molecule has 14 rings (SSSR count). The molecule has 332 valence electrons. The van der Waals surface area contributed by atoms with E-state index in [2.05, 4.69) is 206 Å². The highest BCUT2D eigenvalue weighted by molar-refractivity contribution is 7.27. The van der Waals surface area contributed by atoms with Gasteiger partial charge in [-0.3, -0.25) is 0 Å². The van der Waals surface area contributed by atoms with Crippen molar-refractivity contribution in [2.45, 2.75) is 96.8 Å². The lowest BCUT2D eigenvalue weighted by molar-refractivity contribution is 0.332. The van der Waals surface area contributed by atoms with Gasteiger partial charge in [0.05, 0.1) is 11.0 Å². The highest BCUT2D eigenvalue weighted by atomic mass is 32.1. The fourth-order valence-electron chi connectivity index (χ4n) is 12.9. The van der Waals surface area contributed by atoms with Crippen molar-refractivity contribution in [1.82, 2.24) is 4.57 Å². The first-order valence-electron chi connectivity index (χ1n) is 24.7. The van der Waals surface area contributed by atoms with Gasteiger partial charge in [-0.15, -0.1) is 22.7 Å². The SMILES string of the molecule is CC(C)(C)c1ccc(Nc2cc3c(cc2-c2c4c5c(c6cc7c(cc6n5-c5cc6sc8ccccc8c6cc5B4)C(C)(C)CCC7(C)C)c4sc5ccccc5c24)C(C)(C)c2ccccc2-3)cc1. The number of hydrogen-bond acceptors (Lipinski definition) is 3. The summed E-state index contributed by atoms with van der Waals surface area (Å²) in [5.74, 6) is 0. The van der Waals surface area contributed by atoms with Gasteiger partial charge in [0.25, 0.3) is 0 Å². The summed E-state index contributed by atoms with van der Waals surface area (Å²) in [6.07, 6.45) is 2.37. The Morgan fingerprint density at radius 3 is 1.99 bits per heavy atom. The van der Waals surface area contributed by atoms with Gasteiger partial charge in [0, 0.05) is 73.8 Å². The summed E-state index contributed by atoms with van der Waals surface area (Å²) in [7, 11) is 0.842. The molecule has 0 unspecified atom stereocenters. The summed E-state index contributed by atoms with van der Waals surface area (Å²) >= 11 is 3.92. The molecule has 3 aromatic heterocycles. The van der Waals surface area contributed by atoms with E-state index in [4.69, 9.17) is 0 Å². The molecule has 2 nitrogen and oxygen atoms in total. The molecule has 0 spiro atoms. The first kappa shape index (κ1) is 40.9. The van der Waals surface area contributed by atoms with E-state index >= 15 is 0 Å². The highest BCUT2D eigenvalue weighted by Crippen LogP contribution is 2.56. The topological polar surface area (TPSA) is 17.0 Å². The van der Waals surface area contributed by atoms with Crippen LogP contribution in [0.1, 0.15) is 103 Å². The Morgan fingerprint density at radius 1 is 0.559 bits per heavy atom. The smallest absolute Gasteiger partial charge is 0.198 e. The number of aromatic nitrogens is 1. The Labute approximate surface area is 407 Å². The van der Waals surface area contributed by atoms with Crippen molar-refractivity contribution in [1.29, 1.82) is 0 Å². The molecule has 0 amide bonds. The van der Waals surface area contributed by atoms with Crippen LogP contribution in [-0.4, -0.2) is 11.8 Å². The third-order valence-corrected chi connectivity index (χ3v) is 19.1. The molecule has 8 aromatic carbocycles. The number of fused-ring (bicyclic) bond motifs is 16. The first-order chi connectivity index (χ1) is 32.6. The van der Waals surface area contributed by atoms with Crippen molar-refractivity contribution in [3.05, 3.63) is 161 Å². The van der Waals surface area contributed by atoms with Gasteiger partial charge in [-0.2, -0.15) is 0 Å². The fraction of sp³-hybridized carbons (Fsp3) is 0.238. The molecule has 1 N–H and O–H groups in total. The van der Waals surface area contributed by atoms with E-state index in [-0.39, 0.29) is 21.7 Å². The zero-order valence-electron chi connectivity index (χ0n) is 40.6. The zero-order chi connectivity index (χ0) is 46.4. The van der Waals surface area contributed by atoms with Crippen molar-refractivity contribution < 1.29 is 0 Å². The van der Waals surface area contributed by atoms with Crippen LogP contribution in [0, 0.1) is 0 Å². The van der Waals surface area contributed by atoms with Gasteiger partial charge in [0.15, 0.2) is 7.28 Å². The Morgan fingerprint density at radius 2 is 1.24 bits per heavy atom. The van der Waals surface area contributed by atoms with Gasteiger partial charge in [-0.25, -0.2) is 0 Å². The number of benzene rings is 8. The molecule has 2 aliphatic carbocycles. The summed E-state index contributed by atoms with van der Waals surface area (Å²) in [5, 5.41) is 12.4. The lowest BCUT2D eigenvalue weighted by atomic mass is 9.58. The highest BCUT2D eigenvalue weighted by Gasteiger charge is 2.41. The molecule has 0 saturated heterocycles. The molecular weight excluding hydrogens is 860 g/mol. The lowest BCUT2D eigenvalue weighted by Crippen LogP contribution is -2.37.